The molecule has 1 unspecified atom stereocenters. The largest absolute Gasteiger partial charge is 0.480 e. The smallest absolute Gasteiger partial charge is 0.326 e. The number of nitrogens with zero attached hydrogens (tertiary/aromatic N) is 1. The number of carbonyl (C=O) groups is 3. The molecule has 0 spiro atoms. The molecule has 7 heteroatoms. The van der Waals surface area contributed by atoms with E-state index in [0.717, 1.165) is 22.3 Å². The summed E-state index contributed by atoms with van der Waals surface area (Å²) in [5, 5.41) is 12.5. The van der Waals surface area contributed by atoms with Gasteiger partial charge < -0.3 is 21.1 Å². The molecular formula is C30H35N3O4. The lowest BCUT2D eigenvalue weighted by molar-refractivity contribution is -0.139. The van der Waals surface area contributed by atoms with Crippen molar-refractivity contribution in [3.8, 4) is 11.1 Å². The maximum Gasteiger partial charge on any atom is 0.326 e. The molecule has 0 aliphatic carbocycles. The van der Waals surface area contributed by atoms with Crippen LogP contribution in [0.1, 0.15) is 25.0 Å². The fourth-order valence-corrected chi connectivity index (χ4v) is 4.24. The summed E-state index contributed by atoms with van der Waals surface area (Å²) < 4.78 is 0. The number of nitrogens with one attached hydrogen (secondary N) is 1. The van der Waals surface area contributed by atoms with Crippen molar-refractivity contribution in [2.75, 3.05) is 13.1 Å². The molecule has 2 atom stereocenters. The van der Waals surface area contributed by atoms with Crippen molar-refractivity contribution < 1.29 is 19.5 Å². The Hall–Kier alpha value is -4.13. The highest BCUT2D eigenvalue weighted by atomic mass is 16.4. The van der Waals surface area contributed by atoms with Crippen LogP contribution in [0.25, 0.3) is 11.1 Å². The number of primary amides is 1. The van der Waals surface area contributed by atoms with Gasteiger partial charge >= 0.3 is 12.0 Å². The van der Waals surface area contributed by atoms with Crippen molar-refractivity contribution in [2.45, 2.75) is 32.7 Å². The van der Waals surface area contributed by atoms with Gasteiger partial charge in [-0.25, -0.2) is 9.59 Å². The second-order valence-electron chi connectivity index (χ2n) is 9.70. The fourth-order valence-electron chi connectivity index (χ4n) is 4.24. The Morgan fingerprint density at radius 1 is 0.784 bits per heavy atom. The van der Waals surface area contributed by atoms with Crippen LogP contribution in [0.2, 0.25) is 0 Å². The lowest BCUT2D eigenvalue weighted by Gasteiger charge is -2.29. The van der Waals surface area contributed by atoms with Gasteiger partial charge in [-0.1, -0.05) is 98.8 Å². The van der Waals surface area contributed by atoms with Crippen LogP contribution in [0, 0.1) is 11.8 Å². The predicted molar refractivity (Wildman–Crippen MR) is 145 cm³/mol. The molecule has 0 aliphatic heterocycles. The van der Waals surface area contributed by atoms with E-state index in [1.807, 2.05) is 98.8 Å². The molecule has 0 fully saturated rings. The summed E-state index contributed by atoms with van der Waals surface area (Å²) in [6, 6.07) is 25.4. The van der Waals surface area contributed by atoms with E-state index in [4.69, 9.17) is 5.73 Å². The van der Waals surface area contributed by atoms with Gasteiger partial charge in [0.15, 0.2) is 0 Å². The van der Waals surface area contributed by atoms with E-state index < -0.39 is 29.9 Å². The highest BCUT2D eigenvalue weighted by Crippen LogP contribution is 2.20. The van der Waals surface area contributed by atoms with Gasteiger partial charge in [-0.2, -0.15) is 0 Å². The molecule has 0 bridgehead atoms. The average molecular weight is 502 g/mol. The number of hydrogen-bond donors (Lipinski definition) is 3. The second kappa shape index (κ2) is 13.3. The molecule has 0 saturated carbocycles. The van der Waals surface area contributed by atoms with Crippen LogP contribution in [0.3, 0.4) is 0 Å². The maximum atomic E-state index is 13.2. The van der Waals surface area contributed by atoms with Crippen LogP contribution in [0.4, 0.5) is 4.79 Å². The summed E-state index contributed by atoms with van der Waals surface area (Å²) >= 11 is 0. The number of carboxylic acids is 1. The van der Waals surface area contributed by atoms with Crippen LogP contribution in [0.15, 0.2) is 84.9 Å². The van der Waals surface area contributed by atoms with Crippen molar-refractivity contribution >= 4 is 17.9 Å². The summed E-state index contributed by atoms with van der Waals surface area (Å²) in [6.45, 7) is 4.38. The monoisotopic (exact) mass is 501 g/mol. The Labute approximate surface area is 218 Å². The number of carboxylic acid groups (broad SMARTS) is 1. The van der Waals surface area contributed by atoms with Gasteiger partial charge in [0.2, 0.25) is 5.91 Å². The minimum absolute atomic E-state index is 0.104. The van der Waals surface area contributed by atoms with E-state index in [-0.39, 0.29) is 18.9 Å². The van der Waals surface area contributed by atoms with Gasteiger partial charge in [0.05, 0.1) is 5.92 Å². The zero-order chi connectivity index (χ0) is 26.8. The van der Waals surface area contributed by atoms with Crippen molar-refractivity contribution in [3.05, 3.63) is 96.1 Å². The molecule has 0 saturated heterocycles. The van der Waals surface area contributed by atoms with E-state index >= 15 is 0 Å². The van der Waals surface area contributed by atoms with Crippen LogP contribution < -0.4 is 11.1 Å². The van der Waals surface area contributed by atoms with E-state index in [2.05, 4.69) is 5.32 Å². The topological polar surface area (TPSA) is 113 Å². The quantitative estimate of drug-likeness (QED) is 0.342. The fraction of sp³-hybridized carbons (Fsp3) is 0.300. The number of nitrogens with two attached hydrogens (primary N) is 1. The van der Waals surface area contributed by atoms with Gasteiger partial charge in [-0.3, -0.25) is 4.79 Å². The lowest BCUT2D eigenvalue weighted by atomic mass is 9.97. The van der Waals surface area contributed by atoms with Crippen LogP contribution in [-0.2, 0) is 22.4 Å². The Bertz CT molecular complexity index is 1160. The molecule has 0 radical (unpaired) electrons. The van der Waals surface area contributed by atoms with Crippen LogP contribution >= 0.6 is 0 Å². The van der Waals surface area contributed by atoms with Gasteiger partial charge in [0.25, 0.3) is 0 Å². The highest BCUT2D eigenvalue weighted by Gasteiger charge is 2.27. The number of aliphatic carboxylic acids is 1. The number of rotatable bonds is 12. The molecule has 194 valence electrons. The van der Waals surface area contributed by atoms with E-state index in [9.17, 15) is 19.5 Å². The molecular weight excluding hydrogens is 466 g/mol. The Morgan fingerprint density at radius 2 is 1.32 bits per heavy atom. The molecule has 0 heterocycles. The molecule has 7 nitrogen and oxygen atoms in total. The molecule has 3 aromatic carbocycles. The summed E-state index contributed by atoms with van der Waals surface area (Å²) in [5.74, 6) is -2.11. The molecule has 0 aliphatic rings. The number of hydrogen-bond acceptors (Lipinski definition) is 3. The van der Waals surface area contributed by atoms with Crippen LogP contribution in [-0.4, -0.2) is 47.0 Å². The van der Waals surface area contributed by atoms with Crippen molar-refractivity contribution in [2.24, 2.45) is 17.6 Å². The second-order valence-corrected chi connectivity index (χ2v) is 9.70. The van der Waals surface area contributed by atoms with Gasteiger partial charge in [0.1, 0.15) is 6.04 Å². The van der Waals surface area contributed by atoms with Crippen LogP contribution in [0.5, 0.6) is 0 Å². The zero-order valence-corrected chi connectivity index (χ0v) is 21.3. The average Bonchev–Trinajstić information content (AvgIpc) is 2.88. The first kappa shape index (κ1) is 27.5. The maximum absolute atomic E-state index is 13.2. The normalized spacial score (nSPS) is 12.5. The lowest BCUT2D eigenvalue weighted by Crippen LogP contribution is -2.52. The van der Waals surface area contributed by atoms with E-state index in [0.29, 0.717) is 13.0 Å². The number of amides is 3. The first-order chi connectivity index (χ1) is 17.7. The number of urea groups is 1. The molecule has 3 aromatic rings. The Morgan fingerprint density at radius 3 is 1.86 bits per heavy atom. The summed E-state index contributed by atoms with van der Waals surface area (Å²) in [5.41, 5.74) is 9.51. The minimum atomic E-state index is -1.12. The van der Waals surface area contributed by atoms with Crippen molar-refractivity contribution in [1.29, 1.82) is 0 Å². The molecule has 37 heavy (non-hydrogen) atoms. The minimum Gasteiger partial charge on any atom is -0.480 e. The molecule has 4 N–H and O–H groups in total. The van der Waals surface area contributed by atoms with Gasteiger partial charge in [-0.15, -0.1) is 0 Å². The number of benzene rings is 3. The van der Waals surface area contributed by atoms with Crippen molar-refractivity contribution in [1.82, 2.24) is 10.2 Å². The molecule has 3 amide bonds. The third kappa shape index (κ3) is 8.49. The molecule has 0 aromatic heterocycles. The van der Waals surface area contributed by atoms with E-state index in [1.54, 1.807) is 0 Å². The van der Waals surface area contributed by atoms with Gasteiger partial charge in [0, 0.05) is 19.5 Å². The Balaban J connectivity index is 1.70. The standard InChI is InChI=1S/C30H35N3O4/c1-21(2)19-33(20-26(28(31)34)17-22-9-5-3-6-10-22)30(37)32-27(29(35)36)18-23-13-15-25(16-14-23)24-11-7-4-8-12-24/h3-16,21,26-27H,17-20H2,1-2H3,(H2,31,34)(H,32,37)(H,35,36)/t26?,27-/m0/s1. The third-order valence-electron chi connectivity index (χ3n) is 6.14. The van der Waals surface area contributed by atoms with Crippen molar-refractivity contribution in [3.63, 3.8) is 0 Å². The van der Waals surface area contributed by atoms with E-state index in [1.165, 1.54) is 4.90 Å². The third-order valence-corrected chi connectivity index (χ3v) is 6.14. The molecule has 3 rings (SSSR count). The number of carbonyl (C=O) groups excluding carboxylic acids is 2. The van der Waals surface area contributed by atoms with Gasteiger partial charge in [-0.05, 0) is 34.6 Å². The first-order valence-electron chi connectivity index (χ1n) is 12.5. The summed E-state index contributed by atoms with van der Waals surface area (Å²) in [6.07, 6.45) is 0.531. The summed E-state index contributed by atoms with van der Waals surface area (Å²) in [4.78, 5) is 39.0. The Kier molecular flexibility index (Phi) is 9.84. The first-order valence-corrected chi connectivity index (χ1v) is 12.5. The summed E-state index contributed by atoms with van der Waals surface area (Å²) in [7, 11) is 0. The SMILES string of the molecule is CC(C)CN(CC(Cc1ccccc1)C(N)=O)C(=O)N[C@@H](Cc1ccc(-c2ccccc2)cc1)C(=O)O. The zero-order valence-electron chi connectivity index (χ0n) is 21.3. The highest BCUT2D eigenvalue weighted by molar-refractivity contribution is 5.84. The predicted octanol–water partition coefficient (Wildman–Crippen LogP) is 4.36.